The van der Waals surface area contributed by atoms with Crippen molar-refractivity contribution in [2.24, 2.45) is 0 Å². The number of nitrogens with one attached hydrogen (secondary N) is 1. The second kappa shape index (κ2) is 8.15. The van der Waals surface area contributed by atoms with E-state index in [1.807, 2.05) is 19.1 Å². The number of aliphatic hydroxyl groups excluding tert-OH is 1. The molecule has 0 saturated heterocycles. The van der Waals surface area contributed by atoms with Crippen LogP contribution < -0.4 is 10.1 Å². The van der Waals surface area contributed by atoms with E-state index in [9.17, 15) is 0 Å². The summed E-state index contributed by atoms with van der Waals surface area (Å²) in [6.07, 6.45) is 0.913. The highest BCUT2D eigenvalue weighted by atomic mass is 79.9. The maximum absolute atomic E-state index is 9.13. The molecule has 0 aromatic heterocycles. The van der Waals surface area contributed by atoms with Gasteiger partial charge in [-0.1, -0.05) is 6.92 Å². The molecule has 0 heterocycles. The molecule has 0 fully saturated rings. The average Bonchev–Trinajstić information content (AvgIpc) is 2.35. The zero-order valence-corrected chi connectivity index (χ0v) is 13.8. The zero-order valence-electron chi connectivity index (χ0n) is 10.7. The van der Waals surface area contributed by atoms with E-state index in [2.05, 4.69) is 44.1 Å². The average molecular weight is 381 g/mol. The van der Waals surface area contributed by atoms with Crippen LogP contribution in [0.25, 0.3) is 0 Å². The molecule has 2 N–H and O–H groups in total. The Kier molecular flexibility index (Phi) is 7.22. The molecule has 0 amide bonds. The SMILES string of the molecule is CCOc1c(Br)cc(CN[C@H](CC)CO)cc1Br. The van der Waals surface area contributed by atoms with Gasteiger partial charge < -0.3 is 15.2 Å². The highest BCUT2D eigenvalue weighted by Gasteiger charge is 2.09. The Hall–Kier alpha value is -0.100. The van der Waals surface area contributed by atoms with Crippen molar-refractivity contribution in [1.82, 2.24) is 5.32 Å². The molecule has 5 heteroatoms. The van der Waals surface area contributed by atoms with E-state index < -0.39 is 0 Å². The fourth-order valence-corrected chi connectivity index (χ4v) is 3.11. The highest BCUT2D eigenvalue weighted by molar-refractivity contribution is 9.11. The van der Waals surface area contributed by atoms with E-state index in [0.29, 0.717) is 6.61 Å². The summed E-state index contributed by atoms with van der Waals surface area (Å²) in [6, 6.07) is 4.22. The molecule has 102 valence electrons. The molecule has 0 bridgehead atoms. The molecule has 0 aliphatic carbocycles. The van der Waals surface area contributed by atoms with Crippen molar-refractivity contribution in [3.05, 3.63) is 26.6 Å². The Labute approximate surface area is 125 Å². The fourth-order valence-electron chi connectivity index (χ4n) is 1.60. The Morgan fingerprint density at radius 1 is 1.28 bits per heavy atom. The third-order valence-corrected chi connectivity index (χ3v) is 3.83. The maximum atomic E-state index is 9.13. The Morgan fingerprint density at radius 3 is 2.33 bits per heavy atom. The minimum atomic E-state index is 0.147. The first-order valence-corrected chi connectivity index (χ1v) is 7.65. The smallest absolute Gasteiger partial charge is 0.147 e. The van der Waals surface area contributed by atoms with Gasteiger partial charge in [-0.15, -0.1) is 0 Å². The van der Waals surface area contributed by atoms with E-state index in [1.165, 1.54) is 0 Å². The van der Waals surface area contributed by atoms with Crippen LogP contribution >= 0.6 is 31.9 Å². The Bertz CT molecular complexity index is 358. The molecule has 0 saturated carbocycles. The van der Waals surface area contributed by atoms with Gasteiger partial charge in [-0.2, -0.15) is 0 Å². The van der Waals surface area contributed by atoms with Gasteiger partial charge in [0.2, 0.25) is 0 Å². The van der Waals surface area contributed by atoms with Crippen LogP contribution in [0, 0.1) is 0 Å². The fraction of sp³-hybridized carbons (Fsp3) is 0.538. The zero-order chi connectivity index (χ0) is 13.5. The number of aliphatic hydroxyl groups is 1. The van der Waals surface area contributed by atoms with Crippen molar-refractivity contribution in [2.45, 2.75) is 32.9 Å². The van der Waals surface area contributed by atoms with Crippen LogP contribution in [0.5, 0.6) is 5.75 Å². The van der Waals surface area contributed by atoms with Gasteiger partial charge in [-0.25, -0.2) is 0 Å². The summed E-state index contributed by atoms with van der Waals surface area (Å²) in [6.45, 7) is 5.54. The summed E-state index contributed by atoms with van der Waals surface area (Å²) < 4.78 is 7.41. The first-order valence-electron chi connectivity index (χ1n) is 6.07. The summed E-state index contributed by atoms with van der Waals surface area (Å²) in [7, 11) is 0. The molecule has 1 atom stereocenters. The summed E-state index contributed by atoms with van der Waals surface area (Å²) >= 11 is 7.02. The predicted octanol–water partition coefficient (Wildman–Crippen LogP) is 3.47. The van der Waals surface area contributed by atoms with Gasteiger partial charge in [0.05, 0.1) is 22.2 Å². The lowest BCUT2D eigenvalue weighted by Crippen LogP contribution is -2.31. The first-order chi connectivity index (χ1) is 8.62. The van der Waals surface area contributed by atoms with E-state index in [1.54, 1.807) is 0 Å². The molecule has 1 rings (SSSR count). The maximum Gasteiger partial charge on any atom is 0.147 e. The normalized spacial score (nSPS) is 12.5. The predicted molar refractivity (Wildman–Crippen MR) is 81.0 cm³/mol. The van der Waals surface area contributed by atoms with Gasteiger partial charge >= 0.3 is 0 Å². The van der Waals surface area contributed by atoms with E-state index >= 15 is 0 Å². The molecular weight excluding hydrogens is 362 g/mol. The Morgan fingerprint density at radius 2 is 1.89 bits per heavy atom. The second-order valence-electron chi connectivity index (χ2n) is 3.99. The molecule has 0 spiro atoms. The van der Waals surface area contributed by atoms with Crippen LogP contribution in [0.3, 0.4) is 0 Å². The minimum absolute atomic E-state index is 0.147. The lowest BCUT2D eigenvalue weighted by Gasteiger charge is -2.15. The summed E-state index contributed by atoms with van der Waals surface area (Å²) in [4.78, 5) is 0. The van der Waals surface area contributed by atoms with Crippen LogP contribution in [-0.4, -0.2) is 24.4 Å². The Balaban J connectivity index is 2.73. The number of benzene rings is 1. The van der Waals surface area contributed by atoms with Crippen molar-refractivity contribution in [3.63, 3.8) is 0 Å². The van der Waals surface area contributed by atoms with Gasteiger partial charge in [0.1, 0.15) is 5.75 Å². The van der Waals surface area contributed by atoms with Crippen LogP contribution in [0.1, 0.15) is 25.8 Å². The number of hydrogen-bond acceptors (Lipinski definition) is 3. The standard InChI is InChI=1S/C13H19Br2NO2/c1-3-10(8-17)16-7-9-5-11(14)13(18-4-2)12(15)6-9/h5-6,10,16-17H,3-4,7-8H2,1-2H3/t10-/m1/s1. The number of ether oxygens (including phenoxy) is 1. The van der Waals surface area contributed by atoms with Crippen molar-refractivity contribution in [3.8, 4) is 5.75 Å². The quantitative estimate of drug-likeness (QED) is 0.760. The largest absolute Gasteiger partial charge is 0.492 e. The number of hydrogen-bond donors (Lipinski definition) is 2. The summed E-state index contributed by atoms with van der Waals surface area (Å²) in [5.74, 6) is 0.829. The topological polar surface area (TPSA) is 41.5 Å². The van der Waals surface area contributed by atoms with Gasteiger partial charge in [0, 0.05) is 12.6 Å². The van der Waals surface area contributed by atoms with Crippen LogP contribution in [0.15, 0.2) is 21.1 Å². The van der Waals surface area contributed by atoms with Gasteiger partial charge in [-0.3, -0.25) is 0 Å². The van der Waals surface area contributed by atoms with E-state index in [-0.39, 0.29) is 12.6 Å². The third-order valence-electron chi connectivity index (χ3n) is 2.65. The number of halogens is 2. The number of rotatable bonds is 7. The van der Waals surface area contributed by atoms with Crippen molar-refractivity contribution >= 4 is 31.9 Å². The van der Waals surface area contributed by atoms with Crippen molar-refractivity contribution in [1.29, 1.82) is 0 Å². The van der Waals surface area contributed by atoms with Gasteiger partial charge in [0.15, 0.2) is 0 Å². The van der Waals surface area contributed by atoms with Gasteiger partial charge in [0.25, 0.3) is 0 Å². The molecule has 18 heavy (non-hydrogen) atoms. The summed E-state index contributed by atoms with van der Waals surface area (Å²) in [5, 5.41) is 12.4. The molecular formula is C13H19Br2NO2. The van der Waals surface area contributed by atoms with Crippen LogP contribution in [0.2, 0.25) is 0 Å². The first kappa shape index (κ1) is 16.0. The molecule has 0 aliphatic rings. The van der Waals surface area contributed by atoms with Crippen LogP contribution in [0.4, 0.5) is 0 Å². The molecule has 3 nitrogen and oxygen atoms in total. The van der Waals surface area contributed by atoms with E-state index in [0.717, 1.165) is 33.2 Å². The van der Waals surface area contributed by atoms with Crippen molar-refractivity contribution < 1.29 is 9.84 Å². The second-order valence-corrected chi connectivity index (χ2v) is 5.70. The molecule has 0 aliphatic heterocycles. The summed E-state index contributed by atoms with van der Waals surface area (Å²) in [5.41, 5.74) is 1.14. The molecule has 0 radical (unpaired) electrons. The van der Waals surface area contributed by atoms with Crippen LogP contribution in [-0.2, 0) is 6.54 Å². The lowest BCUT2D eigenvalue weighted by molar-refractivity contribution is 0.238. The molecule has 1 aromatic carbocycles. The highest BCUT2D eigenvalue weighted by Crippen LogP contribution is 2.34. The third kappa shape index (κ3) is 4.53. The minimum Gasteiger partial charge on any atom is -0.492 e. The van der Waals surface area contributed by atoms with Gasteiger partial charge in [-0.05, 0) is 62.9 Å². The lowest BCUT2D eigenvalue weighted by atomic mass is 10.2. The van der Waals surface area contributed by atoms with E-state index in [4.69, 9.17) is 9.84 Å². The molecule has 0 unspecified atom stereocenters. The monoisotopic (exact) mass is 379 g/mol. The van der Waals surface area contributed by atoms with Crippen molar-refractivity contribution in [2.75, 3.05) is 13.2 Å². The molecule has 1 aromatic rings.